The normalized spacial score (nSPS) is 17.9. The van der Waals surface area contributed by atoms with E-state index >= 15 is 0 Å². The first-order valence-electron chi connectivity index (χ1n) is 8.27. The van der Waals surface area contributed by atoms with Gasteiger partial charge in [-0.05, 0) is 36.8 Å². The predicted molar refractivity (Wildman–Crippen MR) is 90.0 cm³/mol. The lowest BCUT2D eigenvalue weighted by molar-refractivity contribution is -0.117. The molecule has 1 aliphatic heterocycles. The number of carbonyl (C=O) groups excluding carboxylic acids is 2. The molecular formula is C17H26N4O2. The van der Waals surface area contributed by atoms with Gasteiger partial charge in [0, 0.05) is 44.1 Å². The van der Waals surface area contributed by atoms with Crippen molar-refractivity contribution in [3.05, 3.63) is 24.5 Å². The fraction of sp³-hybridized carbons (Fsp3) is 0.588. The van der Waals surface area contributed by atoms with Gasteiger partial charge in [0.15, 0.2) is 0 Å². The van der Waals surface area contributed by atoms with E-state index in [4.69, 9.17) is 0 Å². The molecule has 1 saturated heterocycles. The van der Waals surface area contributed by atoms with Gasteiger partial charge in [-0.2, -0.15) is 0 Å². The van der Waals surface area contributed by atoms with Crippen molar-refractivity contribution in [2.45, 2.75) is 33.1 Å². The van der Waals surface area contributed by atoms with E-state index in [-0.39, 0.29) is 17.9 Å². The minimum absolute atomic E-state index is 0.00867. The predicted octanol–water partition coefficient (Wildman–Crippen LogP) is 2.49. The van der Waals surface area contributed by atoms with Crippen LogP contribution in [0.1, 0.15) is 33.1 Å². The Morgan fingerprint density at radius 2 is 2.09 bits per heavy atom. The smallest absolute Gasteiger partial charge is 0.317 e. The lowest BCUT2D eigenvalue weighted by atomic mass is 9.94. The Balaban J connectivity index is 1.79. The largest absolute Gasteiger partial charge is 0.338 e. The van der Waals surface area contributed by atoms with E-state index in [9.17, 15) is 9.59 Å². The Bertz CT molecular complexity index is 519. The van der Waals surface area contributed by atoms with Crippen LogP contribution in [0.2, 0.25) is 0 Å². The zero-order valence-electron chi connectivity index (χ0n) is 13.9. The van der Waals surface area contributed by atoms with Crippen molar-refractivity contribution < 1.29 is 9.59 Å². The van der Waals surface area contributed by atoms with Crippen LogP contribution in [0.4, 0.5) is 10.5 Å². The molecule has 0 bridgehead atoms. The SMILES string of the molecule is CC(C)CNC(=O)N1CCCC(CC(=O)Nc2ccncc2)C1. The van der Waals surface area contributed by atoms with Crippen molar-refractivity contribution >= 4 is 17.6 Å². The summed E-state index contributed by atoms with van der Waals surface area (Å²) in [4.78, 5) is 30.0. The third-order valence-electron chi connectivity index (χ3n) is 3.91. The maximum absolute atomic E-state index is 12.1. The summed E-state index contributed by atoms with van der Waals surface area (Å²) in [5.41, 5.74) is 0.757. The number of urea groups is 1. The van der Waals surface area contributed by atoms with Crippen LogP contribution in [-0.4, -0.2) is 41.5 Å². The van der Waals surface area contributed by atoms with Gasteiger partial charge in [-0.1, -0.05) is 13.8 Å². The highest BCUT2D eigenvalue weighted by molar-refractivity contribution is 5.90. The van der Waals surface area contributed by atoms with Crippen LogP contribution in [0.25, 0.3) is 0 Å². The second kappa shape index (κ2) is 8.50. The molecule has 0 spiro atoms. The van der Waals surface area contributed by atoms with Crippen LogP contribution in [0, 0.1) is 11.8 Å². The van der Waals surface area contributed by atoms with E-state index in [0.717, 1.165) is 25.1 Å². The number of pyridine rings is 1. The molecule has 3 amide bonds. The molecule has 6 heteroatoms. The number of rotatable bonds is 5. The fourth-order valence-electron chi connectivity index (χ4n) is 2.73. The van der Waals surface area contributed by atoms with E-state index < -0.39 is 0 Å². The molecule has 6 nitrogen and oxygen atoms in total. The Labute approximate surface area is 137 Å². The molecule has 1 fully saturated rings. The van der Waals surface area contributed by atoms with Crippen LogP contribution in [0.15, 0.2) is 24.5 Å². The second-order valence-corrected chi connectivity index (χ2v) is 6.52. The van der Waals surface area contributed by atoms with Gasteiger partial charge in [0.05, 0.1) is 0 Å². The summed E-state index contributed by atoms with van der Waals surface area (Å²) in [7, 11) is 0. The lowest BCUT2D eigenvalue weighted by Crippen LogP contribution is -2.46. The van der Waals surface area contributed by atoms with Gasteiger partial charge in [0.2, 0.25) is 5.91 Å². The Kier molecular flexibility index (Phi) is 6.38. The molecular weight excluding hydrogens is 292 g/mol. The van der Waals surface area contributed by atoms with Crippen molar-refractivity contribution in [1.29, 1.82) is 0 Å². The monoisotopic (exact) mass is 318 g/mol. The molecule has 0 aromatic carbocycles. The third kappa shape index (κ3) is 5.88. The quantitative estimate of drug-likeness (QED) is 0.876. The summed E-state index contributed by atoms with van der Waals surface area (Å²) >= 11 is 0. The Hall–Kier alpha value is -2.11. The highest BCUT2D eigenvalue weighted by atomic mass is 16.2. The van der Waals surface area contributed by atoms with Crippen LogP contribution in [0.5, 0.6) is 0 Å². The van der Waals surface area contributed by atoms with Gasteiger partial charge in [-0.15, -0.1) is 0 Å². The molecule has 2 heterocycles. The number of carbonyl (C=O) groups is 2. The van der Waals surface area contributed by atoms with Crippen molar-refractivity contribution in [3.8, 4) is 0 Å². The molecule has 1 atom stereocenters. The second-order valence-electron chi connectivity index (χ2n) is 6.52. The number of piperidine rings is 1. The van der Waals surface area contributed by atoms with Gasteiger partial charge in [-0.3, -0.25) is 9.78 Å². The standard InChI is InChI=1S/C17H26N4O2/c1-13(2)11-19-17(23)21-9-3-4-14(12-21)10-16(22)20-15-5-7-18-8-6-15/h5-8,13-14H,3-4,9-12H2,1-2H3,(H,19,23)(H,18,20,22). The Morgan fingerprint density at radius 3 is 2.78 bits per heavy atom. The molecule has 126 valence electrons. The van der Waals surface area contributed by atoms with E-state index in [2.05, 4.69) is 29.5 Å². The molecule has 2 rings (SSSR count). The molecule has 23 heavy (non-hydrogen) atoms. The average Bonchev–Trinajstić information content (AvgIpc) is 2.53. The number of hydrogen-bond donors (Lipinski definition) is 2. The van der Waals surface area contributed by atoms with Crippen molar-refractivity contribution in [2.24, 2.45) is 11.8 Å². The van der Waals surface area contributed by atoms with Gasteiger partial charge < -0.3 is 15.5 Å². The minimum Gasteiger partial charge on any atom is -0.338 e. The zero-order chi connectivity index (χ0) is 16.7. The number of amides is 3. The van der Waals surface area contributed by atoms with Gasteiger partial charge in [0.1, 0.15) is 0 Å². The van der Waals surface area contributed by atoms with Gasteiger partial charge >= 0.3 is 6.03 Å². The first-order valence-corrected chi connectivity index (χ1v) is 8.27. The zero-order valence-corrected chi connectivity index (χ0v) is 13.9. The van der Waals surface area contributed by atoms with Crippen molar-refractivity contribution in [1.82, 2.24) is 15.2 Å². The number of aromatic nitrogens is 1. The highest BCUT2D eigenvalue weighted by Gasteiger charge is 2.25. The van der Waals surface area contributed by atoms with Gasteiger partial charge in [0.25, 0.3) is 0 Å². The van der Waals surface area contributed by atoms with Crippen molar-refractivity contribution in [3.63, 3.8) is 0 Å². The molecule has 1 aliphatic rings. The number of hydrogen-bond acceptors (Lipinski definition) is 3. The highest BCUT2D eigenvalue weighted by Crippen LogP contribution is 2.20. The average molecular weight is 318 g/mol. The number of likely N-dealkylation sites (tertiary alicyclic amines) is 1. The maximum Gasteiger partial charge on any atom is 0.317 e. The fourth-order valence-corrected chi connectivity index (χ4v) is 2.73. The summed E-state index contributed by atoms with van der Waals surface area (Å²) in [6.07, 6.45) is 5.67. The van der Waals surface area contributed by atoms with Crippen LogP contribution < -0.4 is 10.6 Å². The molecule has 0 aliphatic carbocycles. The van der Waals surface area contributed by atoms with Crippen LogP contribution >= 0.6 is 0 Å². The summed E-state index contributed by atoms with van der Waals surface area (Å²) < 4.78 is 0. The molecule has 1 aromatic rings. The summed E-state index contributed by atoms with van der Waals surface area (Å²) in [6, 6.07) is 3.52. The summed E-state index contributed by atoms with van der Waals surface area (Å²) in [6.45, 7) is 6.24. The molecule has 1 aromatic heterocycles. The first kappa shape index (κ1) is 17.2. The molecule has 1 unspecified atom stereocenters. The lowest BCUT2D eigenvalue weighted by Gasteiger charge is -2.32. The van der Waals surface area contributed by atoms with E-state index in [0.29, 0.717) is 25.4 Å². The Morgan fingerprint density at radius 1 is 1.35 bits per heavy atom. The summed E-state index contributed by atoms with van der Waals surface area (Å²) in [5, 5.41) is 5.82. The topological polar surface area (TPSA) is 74.3 Å². The van der Waals surface area contributed by atoms with Crippen molar-refractivity contribution in [2.75, 3.05) is 25.0 Å². The number of anilines is 1. The van der Waals surface area contributed by atoms with E-state index in [1.54, 1.807) is 24.5 Å². The van der Waals surface area contributed by atoms with E-state index in [1.165, 1.54) is 0 Å². The molecule has 0 saturated carbocycles. The molecule has 2 N–H and O–H groups in total. The first-order chi connectivity index (χ1) is 11.0. The third-order valence-corrected chi connectivity index (χ3v) is 3.91. The van der Waals surface area contributed by atoms with Crippen LogP contribution in [-0.2, 0) is 4.79 Å². The van der Waals surface area contributed by atoms with Gasteiger partial charge in [-0.25, -0.2) is 4.79 Å². The van der Waals surface area contributed by atoms with Crippen LogP contribution in [0.3, 0.4) is 0 Å². The minimum atomic E-state index is -0.0158. The van der Waals surface area contributed by atoms with E-state index in [1.807, 2.05) is 4.90 Å². The number of nitrogens with zero attached hydrogens (tertiary/aromatic N) is 2. The number of nitrogens with one attached hydrogen (secondary N) is 2. The molecule has 0 radical (unpaired) electrons. The summed E-state index contributed by atoms with van der Waals surface area (Å²) in [5.74, 6) is 0.645. The maximum atomic E-state index is 12.1.